The van der Waals surface area contributed by atoms with Crippen LogP contribution in [0.1, 0.15) is 10.4 Å². The number of carbonyl (C=O) groups excluding carboxylic acids is 1. The zero-order valence-electron chi connectivity index (χ0n) is 11.7. The first-order valence-corrected chi connectivity index (χ1v) is 6.51. The first-order valence-electron chi connectivity index (χ1n) is 6.51. The van der Waals surface area contributed by atoms with Gasteiger partial charge in [-0.3, -0.25) is 4.79 Å². The van der Waals surface area contributed by atoms with Crippen LogP contribution in [0, 0.1) is 0 Å². The predicted octanol–water partition coefficient (Wildman–Crippen LogP) is 2.67. The number of phenols is 1. The lowest BCUT2D eigenvalue weighted by atomic mass is 10.2. The van der Waals surface area contributed by atoms with Crippen LogP contribution in [0.25, 0.3) is 0 Å². The Morgan fingerprint density at radius 3 is 2.33 bits per heavy atom. The summed E-state index contributed by atoms with van der Waals surface area (Å²) >= 11 is 0. The number of methoxy groups -OCH3 is 1. The number of ether oxygens (including phenoxy) is 2. The van der Waals surface area contributed by atoms with Crippen LogP contribution in [0.5, 0.6) is 11.5 Å². The molecule has 21 heavy (non-hydrogen) atoms. The van der Waals surface area contributed by atoms with E-state index < -0.39 is 0 Å². The van der Waals surface area contributed by atoms with Gasteiger partial charge in [-0.05, 0) is 48.5 Å². The molecule has 2 aromatic rings. The maximum absolute atomic E-state index is 12.0. The Bertz CT molecular complexity index is 578. The van der Waals surface area contributed by atoms with E-state index in [-0.39, 0.29) is 11.7 Å². The molecule has 0 aliphatic carbocycles. The number of anilines is 1. The van der Waals surface area contributed by atoms with Crippen LogP contribution in [0.2, 0.25) is 0 Å². The number of phenolic OH excluding ortho intramolecular Hbond substituents is 1. The Morgan fingerprint density at radius 2 is 1.71 bits per heavy atom. The lowest BCUT2D eigenvalue weighted by Gasteiger charge is -2.07. The van der Waals surface area contributed by atoms with Crippen molar-refractivity contribution in [1.29, 1.82) is 0 Å². The molecule has 0 saturated carbocycles. The summed E-state index contributed by atoms with van der Waals surface area (Å²) in [5.41, 5.74) is 1.15. The van der Waals surface area contributed by atoms with Crippen molar-refractivity contribution in [1.82, 2.24) is 0 Å². The van der Waals surface area contributed by atoms with Crippen molar-refractivity contribution in [3.05, 3.63) is 54.1 Å². The van der Waals surface area contributed by atoms with Gasteiger partial charge in [-0.15, -0.1) is 0 Å². The zero-order chi connectivity index (χ0) is 15.1. The quantitative estimate of drug-likeness (QED) is 0.633. The molecule has 2 N–H and O–H groups in total. The summed E-state index contributed by atoms with van der Waals surface area (Å²) in [5, 5.41) is 11.9. The molecule has 0 spiro atoms. The molecule has 0 aromatic heterocycles. The lowest BCUT2D eigenvalue weighted by molar-refractivity contribution is 0.102. The van der Waals surface area contributed by atoms with Crippen molar-refractivity contribution >= 4 is 11.6 Å². The minimum absolute atomic E-state index is 0.158. The number of hydrogen-bond donors (Lipinski definition) is 2. The van der Waals surface area contributed by atoms with E-state index in [2.05, 4.69) is 5.32 Å². The molecule has 0 heterocycles. The molecular formula is C16H17NO4. The highest BCUT2D eigenvalue weighted by molar-refractivity contribution is 6.04. The summed E-state index contributed by atoms with van der Waals surface area (Å²) in [4.78, 5) is 12.0. The van der Waals surface area contributed by atoms with Gasteiger partial charge in [0.15, 0.2) is 0 Å². The molecule has 0 unspecified atom stereocenters. The second-order valence-corrected chi connectivity index (χ2v) is 4.37. The normalized spacial score (nSPS) is 10.1. The largest absolute Gasteiger partial charge is 0.508 e. The van der Waals surface area contributed by atoms with Gasteiger partial charge in [-0.2, -0.15) is 0 Å². The van der Waals surface area contributed by atoms with Gasteiger partial charge in [-0.1, -0.05) is 0 Å². The van der Waals surface area contributed by atoms with E-state index in [0.717, 1.165) is 0 Å². The summed E-state index contributed by atoms with van der Waals surface area (Å²) in [6.45, 7) is 0.985. The van der Waals surface area contributed by atoms with Crippen molar-refractivity contribution in [2.24, 2.45) is 0 Å². The van der Waals surface area contributed by atoms with Crippen LogP contribution in [0.3, 0.4) is 0 Å². The molecule has 0 atom stereocenters. The highest BCUT2D eigenvalue weighted by Gasteiger charge is 2.06. The number of hydrogen-bond acceptors (Lipinski definition) is 4. The average Bonchev–Trinajstić information content (AvgIpc) is 2.50. The first-order chi connectivity index (χ1) is 10.2. The van der Waals surface area contributed by atoms with Gasteiger partial charge < -0.3 is 19.9 Å². The van der Waals surface area contributed by atoms with Crippen molar-refractivity contribution < 1.29 is 19.4 Å². The summed E-state index contributed by atoms with van der Waals surface area (Å²) < 4.78 is 10.3. The summed E-state index contributed by atoms with van der Waals surface area (Å²) in [5.74, 6) is 0.628. The number of nitrogens with one attached hydrogen (secondary N) is 1. The third kappa shape index (κ3) is 4.50. The molecular weight excluding hydrogens is 270 g/mol. The van der Waals surface area contributed by atoms with E-state index >= 15 is 0 Å². The summed E-state index contributed by atoms with van der Waals surface area (Å²) in [7, 11) is 1.61. The third-order valence-electron chi connectivity index (χ3n) is 2.80. The predicted molar refractivity (Wildman–Crippen MR) is 79.9 cm³/mol. The van der Waals surface area contributed by atoms with E-state index in [9.17, 15) is 9.90 Å². The number of carbonyl (C=O) groups is 1. The Kier molecular flexibility index (Phi) is 5.17. The fraction of sp³-hybridized carbons (Fsp3) is 0.188. The van der Waals surface area contributed by atoms with E-state index in [1.54, 1.807) is 43.5 Å². The molecule has 2 aromatic carbocycles. The molecule has 110 valence electrons. The molecule has 1 amide bonds. The van der Waals surface area contributed by atoms with Gasteiger partial charge in [-0.25, -0.2) is 0 Å². The molecule has 0 aliphatic heterocycles. The van der Waals surface area contributed by atoms with Crippen LogP contribution >= 0.6 is 0 Å². The van der Waals surface area contributed by atoms with Crippen LogP contribution in [-0.4, -0.2) is 31.3 Å². The van der Waals surface area contributed by atoms with Gasteiger partial charge in [0.2, 0.25) is 0 Å². The van der Waals surface area contributed by atoms with Gasteiger partial charge in [0, 0.05) is 18.4 Å². The number of rotatable bonds is 6. The highest BCUT2D eigenvalue weighted by atomic mass is 16.5. The SMILES string of the molecule is COCCOc1ccc(C(=O)Nc2ccc(O)cc2)cc1. The van der Waals surface area contributed by atoms with Gasteiger partial charge >= 0.3 is 0 Å². The van der Waals surface area contributed by atoms with E-state index in [1.165, 1.54) is 12.1 Å². The van der Waals surface area contributed by atoms with Crippen molar-refractivity contribution in [2.75, 3.05) is 25.6 Å². The van der Waals surface area contributed by atoms with Crippen molar-refractivity contribution in [3.8, 4) is 11.5 Å². The number of aromatic hydroxyl groups is 1. The standard InChI is InChI=1S/C16H17NO4/c1-20-10-11-21-15-8-2-12(3-9-15)16(19)17-13-4-6-14(18)7-5-13/h2-9,18H,10-11H2,1H3,(H,17,19). The zero-order valence-corrected chi connectivity index (χ0v) is 11.7. The molecule has 0 aliphatic rings. The van der Waals surface area contributed by atoms with Crippen LogP contribution in [0.4, 0.5) is 5.69 Å². The smallest absolute Gasteiger partial charge is 0.255 e. The highest BCUT2D eigenvalue weighted by Crippen LogP contribution is 2.16. The van der Waals surface area contributed by atoms with Crippen molar-refractivity contribution in [3.63, 3.8) is 0 Å². The minimum Gasteiger partial charge on any atom is -0.508 e. The van der Waals surface area contributed by atoms with Gasteiger partial charge in [0.25, 0.3) is 5.91 Å². The molecule has 0 bridgehead atoms. The molecule has 5 nitrogen and oxygen atoms in total. The number of amides is 1. The topological polar surface area (TPSA) is 67.8 Å². The summed E-state index contributed by atoms with van der Waals surface area (Å²) in [6, 6.07) is 13.2. The molecule has 0 saturated heterocycles. The van der Waals surface area contributed by atoms with E-state index in [1.807, 2.05) is 0 Å². The Hall–Kier alpha value is -2.53. The minimum atomic E-state index is -0.218. The van der Waals surface area contributed by atoms with Crippen molar-refractivity contribution in [2.45, 2.75) is 0 Å². The maximum atomic E-state index is 12.0. The van der Waals surface area contributed by atoms with Crippen LogP contribution < -0.4 is 10.1 Å². The Labute approximate surface area is 123 Å². The second kappa shape index (κ2) is 7.31. The van der Waals surface area contributed by atoms with Gasteiger partial charge in [0.1, 0.15) is 18.1 Å². The maximum Gasteiger partial charge on any atom is 0.255 e. The fourth-order valence-electron chi connectivity index (χ4n) is 1.69. The number of benzene rings is 2. The summed E-state index contributed by atoms with van der Waals surface area (Å²) in [6.07, 6.45) is 0. The fourth-order valence-corrected chi connectivity index (χ4v) is 1.69. The molecule has 0 radical (unpaired) electrons. The lowest BCUT2D eigenvalue weighted by Crippen LogP contribution is -2.11. The van der Waals surface area contributed by atoms with E-state index in [0.29, 0.717) is 30.2 Å². The molecule has 2 rings (SSSR count). The van der Waals surface area contributed by atoms with Crippen LogP contribution in [-0.2, 0) is 4.74 Å². The second-order valence-electron chi connectivity index (χ2n) is 4.37. The van der Waals surface area contributed by atoms with Gasteiger partial charge in [0.05, 0.1) is 6.61 Å². The first kappa shape index (κ1) is 14.9. The third-order valence-corrected chi connectivity index (χ3v) is 2.80. The molecule has 5 heteroatoms. The van der Waals surface area contributed by atoms with Crippen LogP contribution in [0.15, 0.2) is 48.5 Å². The monoisotopic (exact) mass is 287 g/mol. The Balaban J connectivity index is 1.94. The average molecular weight is 287 g/mol. The Morgan fingerprint density at radius 1 is 1.05 bits per heavy atom. The molecule has 0 fully saturated rings. The van der Waals surface area contributed by atoms with E-state index in [4.69, 9.17) is 9.47 Å².